The number of hydrogen-bond donors (Lipinski definition) is 0. The summed E-state index contributed by atoms with van der Waals surface area (Å²) < 4.78 is 13.4. The van der Waals surface area contributed by atoms with E-state index in [2.05, 4.69) is 40.2 Å². The van der Waals surface area contributed by atoms with Gasteiger partial charge >= 0.3 is 0 Å². The SMILES string of the molecule is Cc1cc(C(Br)C2CCCc3ccccc32)ccc1F. The Labute approximate surface area is 128 Å². The van der Waals surface area contributed by atoms with Crippen molar-refractivity contribution in [3.05, 3.63) is 70.5 Å². The van der Waals surface area contributed by atoms with Gasteiger partial charge in [-0.25, -0.2) is 4.39 Å². The quantitative estimate of drug-likeness (QED) is 0.619. The largest absolute Gasteiger partial charge is 0.207 e. The third-order valence-electron chi connectivity index (χ3n) is 4.27. The summed E-state index contributed by atoms with van der Waals surface area (Å²) in [6.45, 7) is 1.83. The summed E-state index contributed by atoms with van der Waals surface area (Å²) in [5, 5.41) is 0. The highest BCUT2D eigenvalue weighted by molar-refractivity contribution is 9.09. The molecular formula is C18H18BrF. The van der Waals surface area contributed by atoms with Crippen LogP contribution in [0.2, 0.25) is 0 Å². The van der Waals surface area contributed by atoms with Crippen LogP contribution in [-0.4, -0.2) is 0 Å². The fraction of sp³-hybridized carbons (Fsp3) is 0.333. The summed E-state index contributed by atoms with van der Waals surface area (Å²) in [5.74, 6) is 0.349. The molecule has 2 atom stereocenters. The predicted molar refractivity (Wildman–Crippen MR) is 84.9 cm³/mol. The van der Waals surface area contributed by atoms with Crippen molar-refractivity contribution in [1.82, 2.24) is 0 Å². The first-order valence-electron chi connectivity index (χ1n) is 7.15. The maximum atomic E-state index is 13.4. The number of benzene rings is 2. The molecule has 2 heteroatoms. The van der Waals surface area contributed by atoms with Crippen LogP contribution in [0.3, 0.4) is 0 Å². The van der Waals surface area contributed by atoms with Crippen LogP contribution in [0.1, 0.15) is 45.8 Å². The van der Waals surface area contributed by atoms with E-state index in [0.717, 1.165) is 5.56 Å². The molecule has 2 aromatic carbocycles. The van der Waals surface area contributed by atoms with Gasteiger partial charge in [-0.2, -0.15) is 0 Å². The van der Waals surface area contributed by atoms with Gasteiger partial charge in [0.1, 0.15) is 5.82 Å². The van der Waals surface area contributed by atoms with Crippen LogP contribution in [0, 0.1) is 12.7 Å². The Morgan fingerprint density at radius 2 is 2.00 bits per heavy atom. The first-order valence-corrected chi connectivity index (χ1v) is 8.06. The van der Waals surface area contributed by atoms with E-state index in [0.29, 0.717) is 5.92 Å². The Morgan fingerprint density at radius 1 is 1.20 bits per heavy atom. The lowest BCUT2D eigenvalue weighted by molar-refractivity contribution is 0.546. The normalized spacial score (nSPS) is 19.4. The zero-order chi connectivity index (χ0) is 14.1. The molecule has 1 aliphatic rings. The van der Waals surface area contributed by atoms with E-state index in [-0.39, 0.29) is 10.6 Å². The second kappa shape index (κ2) is 5.69. The molecule has 3 rings (SSSR count). The molecule has 1 aliphatic carbocycles. The molecule has 0 aliphatic heterocycles. The van der Waals surface area contributed by atoms with Gasteiger partial charge in [0.15, 0.2) is 0 Å². The Morgan fingerprint density at radius 3 is 2.80 bits per heavy atom. The number of hydrogen-bond acceptors (Lipinski definition) is 0. The molecule has 0 aromatic heterocycles. The van der Waals surface area contributed by atoms with Crippen LogP contribution in [0.25, 0.3) is 0 Å². The molecule has 0 fully saturated rings. The summed E-state index contributed by atoms with van der Waals surface area (Å²) in [6.07, 6.45) is 3.59. The maximum absolute atomic E-state index is 13.4. The second-order valence-corrected chi connectivity index (χ2v) is 6.59. The van der Waals surface area contributed by atoms with Gasteiger partial charge in [-0.05, 0) is 54.5 Å². The molecule has 0 bridgehead atoms. The second-order valence-electron chi connectivity index (χ2n) is 5.61. The van der Waals surface area contributed by atoms with Crippen molar-refractivity contribution in [2.75, 3.05) is 0 Å². The van der Waals surface area contributed by atoms with Crippen molar-refractivity contribution >= 4 is 15.9 Å². The fourth-order valence-corrected chi connectivity index (χ4v) is 4.00. The summed E-state index contributed by atoms with van der Waals surface area (Å²) in [5.41, 5.74) is 4.80. The minimum Gasteiger partial charge on any atom is -0.207 e. The highest BCUT2D eigenvalue weighted by Gasteiger charge is 2.27. The zero-order valence-corrected chi connectivity index (χ0v) is 13.2. The molecular weight excluding hydrogens is 315 g/mol. The highest BCUT2D eigenvalue weighted by Crippen LogP contribution is 2.45. The van der Waals surface area contributed by atoms with Gasteiger partial charge in [0.25, 0.3) is 0 Å². The van der Waals surface area contributed by atoms with E-state index in [1.54, 1.807) is 6.07 Å². The van der Waals surface area contributed by atoms with Gasteiger partial charge in [0.05, 0.1) is 0 Å². The summed E-state index contributed by atoms with van der Waals surface area (Å²) >= 11 is 3.85. The molecule has 0 spiro atoms. The van der Waals surface area contributed by atoms with Crippen LogP contribution in [0.5, 0.6) is 0 Å². The lowest BCUT2D eigenvalue weighted by Gasteiger charge is -2.29. The first-order chi connectivity index (χ1) is 9.66. The average Bonchev–Trinajstić information content (AvgIpc) is 2.49. The lowest BCUT2D eigenvalue weighted by Crippen LogP contribution is -2.14. The van der Waals surface area contributed by atoms with Crippen molar-refractivity contribution in [2.24, 2.45) is 0 Å². The Balaban J connectivity index is 1.95. The molecule has 0 saturated carbocycles. The van der Waals surface area contributed by atoms with E-state index in [9.17, 15) is 4.39 Å². The van der Waals surface area contributed by atoms with E-state index in [1.807, 2.05) is 19.1 Å². The van der Waals surface area contributed by atoms with E-state index in [4.69, 9.17) is 0 Å². The molecule has 0 radical (unpaired) electrons. The Kier molecular flexibility index (Phi) is 3.93. The zero-order valence-electron chi connectivity index (χ0n) is 11.6. The molecule has 0 amide bonds. The van der Waals surface area contributed by atoms with Gasteiger partial charge in [-0.15, -0.1) is 0 Å². The Bertz CT molecular complexity index is 621. The molecule has 0 nitrogen and oxygen atoms in total. The van der Waals surface area contributed by atoms with Crippen molar-refractivity contribution in [2.45, 2.75) is 36.9 Å². The van der Waals surface area contributed by atoms with Gasteiger partial charge in [-0.3, -0.25) is 0 Å². The van der Waals surface area contributed by atoms with Gasteiger partial charge in [0, 0.05) is 10.7 Å². The molecule has 20 heavy (non-hydrogen) atoms. The molecule has 0 heterocycles. The van der Waals surface area contributed by atoms with Crippen LogP contribution in [0.4, 0.5) is 4.39 Å². The number of rotatable bonds is 2. The first kappa shape index (κ1) is 13.8. The molecule has 2 unspecified atom stereocenters. The standard InChI is InChI=1S/C18H18BrF/c1-12-11-14(9-10-17(12)20)18(19)16-8-4-6-13-5-2-3-7-15(13)16/h2-3,5,7,9-11,16,18H,4,6,8H2,1H3. The van der Waals surface area contributed by atoms with Crippen LogP contribution in [-0.2, 0) is 6.42 Å². The van der Waals surface area contributed by atoms with Gasteiger partial charge in [-0.1, -0.05) is 52.3 Å². The van der Waals surface area contributed by atoms with Gasteiger partial charge in [0.2, 0.25) is 0 Å². The summed E-state index contributed by atoms with van der Waals surface area (Å²) in [6, 6.07) is 14.2. The molecule has 2 aromatic rings. The third kappa shape index (κ3) is 2.54. The third-order valence-corrected chi connectivity index (χ3v) is 5.44. The number of alkyl halides is 1. The minimum atomic E-state index is -0.127. The van der Waals surface area contributed by atoms with E-state index in [1.165, 1.54) is 36.0 Å². The van der Waals surface area contributed by atoms with Crippen LogP contribution >= 0.6 is 15.9 Å². The van der Waals surface area contributed by atoms with Crippen LogP contribution < -0.4 is 0 Å². The molecule has 0 saturated heterocycles. The predicted octanol–water partition coefficient (Wildman–Crippen LogP) is 5.69. The monoisotopic (exact) mass is 332 g/mol. The smallest absolute Gasteiger partial charge is 0.126 e. The number of fused-ring (bicyclic) bond motifs is 1. The number of halogens is 2. The highest BCUT2D eigenvalue weighted by atomic mass is 79.9. The maximum Gasteiger partial charge on any atom is 0.126 e. The summed E-state index contributed by atoms with van der Waals surface area (Å²) in [7, 11) is 0. The van der Waals surface area contributed by atoms with Crippen molar-refractivity contribution < 1.29 is 4.39 Å². The van der Waals surface area contributed by atoms with Crippen molar-refractivity contribution in [3.63, 3.8) is 0 Å². The van der Waals surface area contributed by atoms with Crippen LogP contribution in [0.15, 0.2) is 42.5 Å². The minimum absolute atomic E-state index is 0.127. The van der Waals surface area contributed by atoms with Crippen molar-refractivity contribution in [3.8, 4) is 0 Å². The molecule has 104 valence electrons. The van der Waals surface area contributed by atoms with E-state index >= 15 is 0 Å². The lowest BCUT2D eigenvalue weighted by atomic mass is 9.79. The van der Waals surface area contributed by atoms with E-state index < -0.39 is 0 Å². The topological polar surface area (TPSA) is 0 Å². The number of aryl methyl sites for hydroxylation is 2. The molecule has 0 N–H and O–H groups in total. The van der Waals surface area contributed by atoms with Gasteiger partial charge < -0.3 is 0 Å². The Hall–Kier alpha value is -1.15. The summed E-state index contributed by atoms with van der Waals surface area (Å²) in [4.78, 5) is 0.253. The fourth-order valence-electron chi connectivity index (χ4n) is 3.17. The van der Waals surface area contributed by atoms with Crippen molar-refractivity contribution in [1.29, 1.82) is 0 Å². The average molecular weight is 333 g/mol.